The van der Waals surface area contributed by atoms with Crippen molar-refractivity contribution in [3.8, 4) is 5.69 Å². The van der Waals surface area contributed by atoms with Gasteiger partial charge in [-0.2, -0.15) is 5.10 Å². The molecule has 5 heterocycles. The predicted octanol–water partition coefficient (Wildman–Crippen LogP) is 2.29. The van der Waals surface area contributed by atoms with Crippen molar-refractivity contribution >= 4 is 29.3 Å². The molecule has 0 unspecified atom stereocenters. The van der Waals surface area contributed by atoms with Gasteiger partial charge in [-0.15, -0.1) is 15.3 Å². The molecule has 0 aliphatic carbocycles. The molecule has 0 N–H and O–H groups in total. The van der Waals surface area contributed by atoms with E-state index in [0.717, 1.165) is 55.0 Å². The van der Waals surface area contributed by atoms with E-state index in [2.05, 4.69) is 34.8 Å². The molecule has 32 heavy (non-hydrogen) atoms. The van der Waals surface area contributed by atoms with Crippen LogP contribution in [0.3, 0.4) is 0 Å². The van der Waals surface area contributed by atoms with Crippen molar-refractivity contribution in [1.82, 2.24) is 29.9 Å². The maximum Gasteiger partial charge on any atom is 0.232 e. The maximum atomic E-state index is 12.5. The van der Waals surface area contributed by atoms with Crippen LogP contribution in [-0.4, -0.2) is 61.9 Å². The highest BCUT2D eigenvalue weighted by atomic mass is 35.5. The van der Waals surface area contributed by atoms with E-state index >= 15 is 0 Å². The molecule has 0 atom stereocenters. The van der Waals surface area contributed by atoms with Crippen LogP contribution in [0.4, 0.5) is 11.8 Å². The van der Waals surface area contributed by atoms with Crippen LogP contribution in [0.1, 0.15) is 24.7 Å². The molecule has 6 rings (SSSR count). The number of carbonyl (C=O) groups excluding carboxylic acids is 1. The van der Waals surface area contributed by atoms with Gasteiger partial charge in [-0.3, -0.25) is 9.36 Å². The fourth-order valence-electron chi connectivity index (χ4n) is 5.08. The number of anilines is 2. The highest BCUT2D eigenvalue weighted by Crippen LogP contribution is 2.43. The van der Waals surface area contributed by atoms with Gasteiger partial charge >= 0.3 is 0 Å². The van der Waals surface area contributed by atoms with E-state index in [1.165, 1.54) is 0 Å². The maximum absolute atomic E-state index is 12.5. The smallest absolute Gasteiger partial charge is 0.232 e. The molecule has 2 saturated heterocycles. The minimum atomic E-state index is 0.0930. The Labute approximate surface area is 190 Å². The molecule has 9 nitrogen and oxygen atoms in total. The summed E-state index contributed by atoms with van der Waals surface area (Å²) in [7, 11) is 0. The zero-order valence-corrected chi connectivity index (χ0v) is 18.5. The summed E-state index contributed by atoms with van der Waals surface area (Å²) in [6, 6.07) is 9.74. The van der Waals surface area contributed by atoms with Crippen LogP contribution in [0.25, 0.3) is 5.69 Å². The van der Waals surface area contributed by atoms with E-state index in [-0.39, 0.29) is 11.3 Å². The van der Waals surface area contributed by atoms with Gasteiger partial charge in [-0.1, -0.05) is 18.5 Å². The standard InChI is InChI=1S/C22H23ClN8O/c1-2-20(32)28-9-15-8-16(23)5-6-17(15)31-19(10-28)26-27-21(31)30-13-22(14-30)11-29(12-22)18-4-3-7-24-25-18/h3-8H,2,9-14H2,1H3. The zero-order valence-electron chi connectivity index (χ0n) is 17.8. The number of amides is 1. The molecule has 1 amide bonds. The van der Waals surface area contributed by atoms with Crippen LogP contribution in [0.15, 0.2) is 36.5 Å². The summed E-state index contributed by atoms with van der Waals surface area (Å²) in [4.78, 5) is 18.9. The SMILES string of the molecule is CCC(=O)N1Cc2cc(Cl)ccc2-n2c(nnc2N2CC3(CN(c4cccnn4)C3)C2)C1. The van der Waals surface area contributed by atoms with Crippen LogP contribution >= 0.6 is 11.6 Å². The van der Waals surface area contributed by atoms with Crippen LogP contribution in [0.5, 0.6) is 0 Å². The molecule has 164 valence electrons. The third-order valence-corrected chi connectivity index (χ3v) is 6.85. The molecule has 3 aromatic rings. The Morgan fingerprint density at radius 3 is 2.62 bits per heavy atom. The van der Waals surface area contributed by atoms with Crippen molar-refractivity contribution < 1.29 is 4.79 Å². The lowest BCUT2D eigenvalue weighted by Gasteiger charge is -2.60. The lowest BCUT2D eigenvalue weighted by atomic mass is 9.73. The first-order valence-electron chi connectivity index (χ1n) is 10.8. The predicted molar refractivity (Wildman–Crippen MR) is 120 cm³/mol. The number of halogens is 1. The Morgan fingerprint density at radius 1 is 1.06 bits per heavy atom. The summed E-state index contributed by atoms with van der Waals surface area (Å²) >= 11 is 6.29. The van der Waals surface area contributed by atoms with E-state index in [1.807, 2.05) is 42.2 Å². The Bertz CT molecular complexity index is 1180. The Hall–Kier alpha value is -3.20. The van der Waals surface area contributed by atoms with Crippen LogP contribution < -0.4 is 9.80 Å². The molecular weight excluding hydrogens is 428 g/mol. The number of fused-ring (bicyclic) bond motifs is 3. The van der Waals surface area contributed by atoms with Crippen molar-refractivity contribution in [2.75, 3.05) is 36.0 Å². The number of rotatable bonds is 3. The molecule has 2 aromatic heterocycles. The van der Waals surface area contributed by atoms with Crippen molar-refractivity contribution in [2.45, 2.75) is 26.4 Å². The molecule has 0 bridgehead atoms. The number of carbonyl (C=O) groups is 1. The minimum Gasteiger partial charge on any atom is -0.354 e. The Kier molecular flexibility index (Phi) is 4.36. The van der Waals surface area contributed by atoms with Crippen molar-refractivity contribution in [3.63, 3.8) is 0 Å². The molecule has 1 spiro atoms. The van der Waals surface area contributed by atoms with Gasteiger partial charge in [0.05, 0.1) is 12.2 Å². The fraction of sp³-hybridized carbons (Fsp3) is 0.409. The summed E-state index contributed by atoms with van der Waals surface area (Å²) in [6.07, 6.45) is 2.15. The first-order chi connectivity index (χ1) is 15.5. The highest BCUT2D eigenvalue weighted by Gasteiger charge is 2.53. The van der Waals surface area contributed by atoms with E-state index in [0.29, 0.717) is 24.5 Å². The molecule has 3 aliphatic heterocycles. The summed E-state index contributed by atoms with van der Waals surface area (Å²) < 4.78 is 2.10. The number of nitrogens with zero attached hydrogens (tertiary/aromatic N) is 8. The van der Waals surface area contributed by atoms with E-state index in [9.17, 15) is 4.79 Å². The van der Waals surface area contributed by atoms with E-state index in [1.54, 1.807) is 6.20 Å². The van der Waals surface area contributed by atoms with E-state index < -0.39 is 0 Å². The summed E-state index contributed by atoms with van der Waals surface area (Å²) in [6.45, 7) is 6.60. The van der Waals surface area contributed by atoms with Gasteiger partial charge in [-0.25, -0.2) is 0 Å². The fourth-order valence-corrected chi connectivity index (χ4v) is 5.28. The lowest BCUT2D eigenvalue weighted by molar-refractivity contribution is -0.132. The van der Waals surface area contributed by atoms with Crippen LogP contribution in [0.2, 0.25) is 5.02 Å². The number of hydrogen-bond donors (Lipinski definition) is 0. The lowest BCUT2D eigenvalue weighted by Crippen LogP contribution is -2.73. The minimum absolute atomic E-state index is 0.0930. The molecule has 0 saturated carbocycles. The second kappa shape index (κ2) is 7.16. The molecular formula is C22H23ClN8O. The highest BCUT2D eigenvalue weighted by molar-refractivity contribution is 6.30. The Balaban J connectivity index is 1.27. The largest absolute Gasteiger partial charge is 0.354 e. The third-order valence-electron chi connectivity index (χ3n) is 6.61. The van der Waals surface area contributed by atoms with Crippen LogP contribution in [0, 0.1) is 5.41 Å². The average Bonchev–Trinajstić information content (AvgIpc) is 3.07. The normalized spacial score (nSPS) is 18.5. The van der Waals surface area contributed by atoms with Crippen molar-refractivity contribution in [1.29, 1.82) is 0 Å². The molecule has 3 aliphatic rings. The molecule has 2 fully saturated rings. The quantitative estimate of drug-likeness (QED) is 0.605. The van der Waals surface area contributed by atoms with Crippen molar-refractivity contribution in [3.05, 3.63) is 52.9 Å². The number of benzene rings is 1. The van der Waals surface area contributed by atoms with E-state index in [4.69, 9.17) is 11.6 Å². The van der Waals surface area contributed by atoms with Crippen LogP contribution in [-0.2, 0) is 17.9 Å². The summed E-state index contributed by atoms with van der Waals surface area (Å²) in [5.41, 5.74) is 2.25. The number of hydrogen-bond acceptors (Lipinski definition) is 7. The molecule has 1 aromatic carbocycles. The topological polar surface area (TPSA) is 83.3 Å². The monoisotopic (exact) mass is 450 g/mol. The van der Waals surface area contributed by atoms with Gasteiger partial charge in [0, 0.05) is 55.8 Å². The third kappa shape index (κ3) is 3.02. The average molecular weight is 451 g/mol. The summed E-state index contributed by atoms with van der Waals surface area (Å²) in [5, 5.41) is 17.9. The molecule has 0 radical (unpaired) electrons. The van der Waals surface area contributed by atoms with Gasteiger partial charge in [0.1, 0.15) is 0 Å². The second-order valence-electron chi connectivity index (χ2n) is 8.92. The first-order valence-corrected chi connectivity index (χ1v) is 11.2. The Morgan fingerprint density at radius 2 is 1.88 bits per heavy atom. The van der Waals surface area contributed by atoms with Gasteiger partial charge < -0.3 is 14.7 Å². The molecule has 10 heteroatoms. The first kappa shape index (κ1) is 19.5. The van der Waals surface area contributed by atoms with Gasteiger partial charge in [0.25, 0.3) is 0 Å². The summed E-state index contributed by atoms with van der Waals surface area (Å²) in [5.74, 6) is 2.63. The van der Waals surface area contributed by atoms with Gasteiger partial charge in [0.2, 0.25) is 11.9 Å². The number of aromatic nitrogens is 5. The second-order valence-corrected chi connectivity index (χ2v) is 9.36. The zero-order chi connectivity index (χ0) is 21.9. The van der Waals surface area contributed by atoms with Gasteiger partial charge in [-0.05, 0) is 35.9 Å². The van der Waals surface area contributed by atoms with Gasteiger partial charge in [0.15, 0.2) is 11.6 Å². The van der Waals surface area contributed by atoms with Crippen molar-refractivity contribution in [2.24, 2.45) is 5.41 Å².